The van der Waals surface area contributed by atoms with E-state index in [2.05, 4.69) is 15.2 Å². The van der Waals surface area contributed by atoms with E-state index in [0.29, 0.717) is 6.61 Å². The van der Waals surface area contributed by atoms with Gasteiger partial charge in [-0.05, 0) is 59.8 Å². The Bertz CT molecular complexity index is 476. The fraction of sp³-hybridized carbons (Fsp3) is 0.900. The van der Waals surface area contributed by atoms with Gasteiger partial charge >= 0.3 is 5.97 Å². The number of nitrogens with one attached hydrogen (secondary N) is 1. The summed E-state index contributed by atoms with van der Waals surface area (Å²) >= 11 is 0. The number of likely N-dealkylation sites (tertiary alicyclic amines) is 1. The molecule has 0 aromatic rings. The molecule has 2 saturated heterocycles. The van der Waals surface area contributed by atoms with Crippen molar-refractivity contribution in [3.63, 3.8) is 0 Å². The normalized spacial score (nSPS) is 22.6. The summed E-state index contributed by atoms with van der Waals surface area (Å²) in [7, 11) is 0. The highest BCUT2D eigenvalue weighted by molar-refractivity contribution is 5.83. The lowest BCUT2D eigenvalue weighted by Gasteiger charge is -2.35. The monoisotopic (exact) mass is 383 g/mol. The highest BCUT2D eigenvalue weighted by Crippen LogP contribution is 2.18. The first-order valence-corrected chi connectivity index (χ1v) is 10.4. The highest BCUT2D eigenvalue weighted by Gasteiger charge is 2.24. The zero-order valence-electron chi connectivity index (χ0n) is 17.5. The summed E-state index contributed by atoms with van der Waals surface area (Å²) in [6, 6.07) is 0. The van der Waals surface area contributed by atoms with Crippen molar-refractivity contribution in [3.8, 4) is 0 Å². The number of guanidine groups is 1. The minimum Gasteiger partial charge on any atom is -0.459 e. The van der Waals surface area contributed by atoms with E-state index in [1.165, 1.54) is 12.8 Å². The van der Waals surface area contributed by atoms with Crippen molar-refractivity contribution >= 4 is 11.9 Å². The molecular formula is C20H37N3O4. The number of carbonyl (C=O) groups excluding carboxylic acids is 1. The van der Waals surface area contributed by atoms with Gasteiger partial charge in [0.1, 0.15) is 12.1 Å². The lowest BCUT2D eigenvalue weighted by atomic mass is 10.1. The van der Waals surface area contributed by atoms with Crippen molar-refractivity contribution in [1.82, 2.24) is 10.2 Å². The van der Waals surface area contributed by atoms with Gasteiger partial charge in [-0.25, -0.2) is 4.99 Å². The quantitative estimate of drug-likeness (QED) is 0.431. The van der Waals surface area contributed by atoms with Gasteiger partial charge in [-0.15, -0.1) is 0 Å². The molecule has 7 heteroatoms. The number of rotatable bonds is 6. The predicted molar refractivity (Wildman–Crippen MR) is 106 cm³/mol. The minimum absolute atomic E-state index is 0.0368. The number of ether oxygens (including phenoxy) is 3. The van der Waals surface area contributed by atoms with Crippen molar-refractivity contribution in [2.24, 2.45) is 4.99 Å². The molecule has 0 aromatic heterocycles. The maximum absolute atomic E-state index is 11.9. The van der Waals surface area contributed by atoms with Crippen LogP contribution in [0.4, 0.5) is 0 Å². The molecule has 2 rings (SSSR count). The Morgan fingerprint density at radius 3 is 2.56 bits per heavy atom. The molecule has 2 aliphatic rings. The van der Waals surface area contributed by atoms with Crippen molar-refractivity contribution in [2.45, 2.75) is 77.6 Å². The fourth-order valence-electron chi connectivity index (χ4n) is 3.36. The van der Waals surface area contributed by atoms with E-state index < -0.39 is 5.60 Å². The molecule has 1 atom stereocenters. The summed E-state index contributed by atoms with van der Waals surface area (Å²) in [4.78, 5) is 18.6. The van der Waals surface area contributed by atoms with E-state index in [9.17, 15) is 4.79 Å². The van der Waals surface area contributed by atoms with Crippen LogP contribution in [0.3, 0.4) is 0 Å². The van der Waals surface area contributed by atoms with Gasteiger partial charge in [0.2, 0.25) is 0 Å². The molecule has 0 aromatic carbocycles. The Morgan fingerprint density at radius 2 is 1.96 bits per heavy atom. The van der Waals surface area contributed by atoms with Gasteiger partial charge in [-0.2, -0.15) is 0 Å². The van der Waals surface area contributed by atoms with E-state index in [0.717, 1.165) is 51.5 Å². The van der Waals surface area contributed by atoms with E-state index in [4.69, 9.17) is 14.2 Å². The maximum Gasteiger partial charge on any atom is 0.328 e. The third-order valence-electron chi connectivity index (χ3n) is 4.65. The standard InChI is InChI=1S/C20H37N3O4/c1-5-21-19(22-14-18(24)27-20(2,3)4)23-11-9-16(10-12-23)26-15-17-8-6-7-13-25-17/h16-17H,5-15H2,1-4H3,(H,21,22). The van der Waals surface area contributed by atoms with E-state index in [1.807, 2.05) is 27.7 Å². The van der Waals surface area contributed by atoms with Gasteiger partial charge in [0.15, 0.2) is 5.96 Å². The van der Waals surface area contributed by atoms with Gasteiger partial charge < -0.3 is 24.4 Å². The molecule has 0 spiro atoms. The number of carbonyl (C=O) groups is 1. The molecule has 1 unspecified atom stereocenters. The minimum atomic E-state index is -0.483. The topological polar surface area (TPSA) is 72.4 Å². The van der Waals surface area contributed by atoms with E-state index >= 15 is 0 Å². The van der Waals surface area contributed by atoms with Gasteiger partial charge in [0.25, 0.3) is 0 Å². The Morgan fingerprint density at radius 1 is 1.22 bits per heavy atom. The second-order valence-corrected chi connectivity index (χ2v) is 8.26. The van der Waals surface area contributed by atoms with Crippen LogP contribution >= 0.6 is 0 Å². The average Bonchev–Trinajstić information content (AvgIpc) is 2.63. The third kappa shape index (κ3) is 8.47. The summed E-state index contributed by atoms with van der Waals surface area (Å²) in [6.45, 7) is 11.7. The number of hydrogen-bond donors (Lipinski definition) is 1. The Labute approximate surface area is 163 Å². The van der Waals surface area contributed by atoms with Gasteiger partial charge in [0.05, 0.1) is 18.8 Å². The highest BCUT2D eigenvalue weighted by atomic mass is 16.6. The fourth-order valence-corrected chi connectivity index (χ4v) is 3.36. The van der Waals surface area contributed by atoms with Crippen molar-refractivity contribution in [2.75, 3.05) is 39.4 Å². The average molecular weight is 384 g/mol. The summed E-state index contributed by atoms with van der Waals surface area (Å²) in [5.74, 6) is 0.473. The molecule has 0 aliphatic carbocycles. The van der Waals surface area contributed by atoms with Crippen LogP contribution in [0, 0.1) is 0 Å². The van der Waals surface area contributed by atoms with Crippen molar-refractivity contribution in [1.29, 1.82) is 0 Å². The molecule has 1 N–H and O–H groups in total. The Balaban J connectivity index is 1.76. The molecular weight excluding hydrogens is 346 g/mol. The number of aliphatic imine (C=N–C) groups is 1. The molecule has 2 fully saturated rings. The van der Waals surface area contributed by atoms with Gasteiger partial charge in [-0.3, -0.25) is 4.79 Å². The molecule has 7 nitrogen and oxygen atoms in total. The van der Waals surface area contributed by atoms with Crippen molar-refractivity contribution < 1.29 is 19.0 Å². The Hall–Kier alpha value is -1.34. The maximum atomic E-state index is 11.9. The number of esters is 1. The van der Waals surface area contributed by atoms with Gasteiger partial charge in [-0.1, -0.05) is 0 Å². The SMILES string of the molecule is CCNC(=NCC(=O)OC(C)(C)C)N1CCC(OCC2CCCCO2)CC1. The van der Waals surface area contributed by atoms with Crippen LogP contribution in [0.2, 0.25) is 0 Å². The summed E-state index contributed by atoms with van der Waals surface area (Å²) < 4.78 is 17.2. The second kappa shape index (κ2) is 10.9. The molecule has 0 bridgehead atoms. The number of piperidine rings is 1. The smallest absolute Gasteiger partial charge is 0.328 e. The lowest BCUT2D eigenvalue weighted by Crippen LogP contribution is -2.47. The second-order valence-electron chi connectivity index (χ2n) is 8.26. The lowest BCUT2D eigenvalue weighted by molar-refractivity contribution is -0.152. The molecule has 0 saturated carbocycles. The van der Waals surface area contributed by atoms with Crippen LogP contribution < -0.4 is 5.32 Å². The number of nitrogens with zero attached hydrogens (tertiary/aromatic N) is 2. The van der Waals surface area contributed by atoms with E-state index in [-0.39, 0.29) is 24.7 Å². The van der Waals surface area contributed by atoms with Crippen LogP contribution in [0.1, 0.15) is 59.8 Å². The molecule has 0 amide bonds. The largest absolute Gasteiger partial charge is 0.459 e. The molecule has 156 valence electrons. The molecule has 2 heterocycles. The molecule has 27 heavy (non-hydrogen) atoms. The van der Waals surface area contributed by atoms with Gasteiger partial charge in [0, 0.05) is 26.2 Å². The van der Waals surface area contributed by atoms with Crippen molar-refractivity contribution in [3.05, 3.63) is 0 Å². The first-order valence-electron chi connectivity index (χ1n) is 10.4. The van der Waals surface area contributed by atoms with Crippen LogP contribution in [0.15, 0.2) is 4.99 Å². The molecule has 0 radical (unpaired) electrons. The van der Waals surface area contributed by atoms with Crippen LogP contribution in [0.5, 0.6) is 0 Å². The van der Waals surface area contributed by atoms with Crippen LogP contribution in [-0.2, 0) is 19.0 Å². The first kappa shape index (κ1) is 22.0. The predicted octanol–water partition coefficient (Wildman–Crippen LogP) is 2.34. The Kier molecular flexibility index (Phi) is 8.83. The van der Waals surface area contributed by atoms with E-state index in [1.54, 1.807) is 0 Å². The number of hydrogen-bond acceptors (Lipinski definition) is 5. The summed E-state index contributed by atoms with van der Waals surface area (Å²) in [6.07, 6.45) is 6.00. The van der Waals surface area contributed by atoms with Crippen LogP contribution in [0.25, 0.3) is 0 Å². The third-order valence-corrected chi connectivity index (χ3v) is 4.65. The summed E-state index contributed by atoms with van der Waals surface area (Å²) in [5.41, 5.74) is -0.483. The zero-order valence-corrected chi connectivity index (χ0v) is 17.5. The molecule has 2 aliphatic heterocycles. The summed E-state index contributed by atoms with van der Waals surface area (Å²) in [5, 5.41) is 3.28. The first-order chi connectivity index (χ1) is 12.9. The zero-order chi connectivity index (χ0) is 19.7. The van der Waals surface area contributed by atoms with Crippen LogP contribution in [-0.4, -0.2) is 74.0 Å².